The summed E-state index contributed by atoms with van der Waals surface area (Å²) >= 11 is 0. The monoisotopic (exact) mass is 262 g/mol. The zero-order valence-corrected chi connectivity index (χ0v) is 11.6. The van der Waals surface area contributed by atoms with Crippen molar-refractivity contribution in [2.45, 2.75) is 58.0 Å². The summed E-state index contributed by atoms with van der Waals surface area (Å²) in [6, 6.07) is 0. The smallest absolute Gasteiger partial charge is 0.225 e. The summed E-state index contributed by atoms with van der Waals surface area (Å²) in [4.78, 5) is 14.2. The second-order valence-corrected chi connectivity index (χ2v) is 5.82. The van der Waals surface area contributed by atoms with Gasteiger partial charge in [0.1, 0.15) is 5.82 Å². The highest BCUT2D eigenvalue weighted by Crippen LogP contribution is 2.25. The third-order valence-electron chi connectivity index (χ3n) is 4.40. The molecule has 0 saturated heterocycles. The van der Waals surface area contributed by atoms with E-state index in [0.29, 0.717) is 6.54 Å². The van der Waals surface area contributed by atoms with Gasteiger partial charge in [0.25, 0.3) is 0 Å². The van der Waals surface area contributed by atoms with Crippen molar-refractivity contribution >= 4 is 5.91 Å². The molecular formula is C14H22N4O. The van der Waals surface area contributed by atoms with Crippen LogP contribution in [0.25, 0.3) is 0 Å². The van der Waals surface area contributed by atoms with Crippen molar-refractivity contribution < 1.29 is 4.79 Å². The highest BCUT2D eigenvalue weighted by Gasteiger charge is 2.26. The molecule has 1 fully saturated rings. The SMILES string of the molecule is CN(Cc1nnc2n1CCC2)C(=O)C1CCCCC1. The van der Waals surface area contributed by atoms with Gasteiger partial charge in [-0.2, -0.15) is 0 Å². The van der Waals surface area contributed by atoms with E-state index in [-0.39, 0.29) is 11.8 Å². The molecule has 0 atom stereocenters. The predicted octanol–water partition coefficient (Wildman–Crippen LogP) is 1.76. The molecule has 1 aliphatic carbocycles. The highest BCUT2D eigenvalue weighted by molar-refractivity contribution is 5.78. The Kier molecular flexibility index (Phi) is 3.53. The Morgan fingerprint density at radius 1 is 1.26 bits per heavy atom. The van der Waals surface area contributed by atoms with Gasteiger partial charge in [-0.3, -0.25) is 4.79 Å². The van der Waals surface area contributed by atoms with Crippen LogP contribution in [0.5, 0.6) is 0 Å². The van der Waals surface area contributed by atoms with E-state index in [1.54, 1.807) is 0 Å². The maximum Gasteiger partial charge on any atom is 0.225 e. The fourth-order valence-corrected chi connectivity index (χ4v) is 3.28. The quantitative estimate of drug-likeness (QED) is 0.834. The molecule has 2 heterocycles. The molecule has 3 rings (SSSR count). The summed E-state index contributed by atoms with van der Waals surface area (Å²) in [5, 5.41) is 8.42. The Hall–Kier alpha value is -1.39. The number of fused-ring (bicyclic) bond motifs is 1. The second-order valence-electron chi connectivity index (χ2n) is 5.82. The lowest BCUT2D eigenvalue weighted by Crippen LogP contribution is -2.34. The van der Waals surface area contributed by atoms with Crippen molar-refractivity contribution in [3.8, 4) is 0 Å². The van der Waals surface area contributed by atoms with Crippen molar-refractivity contribution in [3.63, 3.8) is 0 Å². The third-order valence-corrected chi connectivity index (χ3v) is 4.40. The lowest BCUT2D eigenvalue weighted by molar-refractivity contribution is -0.135. The Morgan fingerprint density at radius 3 is 2.84 bits per heavy atom. The summed E-state index contributed by atoms with van der Waals surface area (Å²) in [6.45, 7) is 1.60. The largest absolute Gasteiger partial charge is 0.338 e. The van der Waals surface area contributed by atoms with E-state index in [1.807, 2.05) is 11.9 Å². The molecule has 1 amide bonds. The van der Waals surface area contributed by atoms with Crippen LogP contribution in [0, 0.1) is 5.92 Å². The van der Waals surface area contributed by atoms with E-state index in [0.717, 1.165) is 43.9 Å². The van der Waals surface area contributed by atoms with Gasteiger partial charge in [0, 0.05) is 25.9 Å². The van der Waals surface area contributed by atoms with Crippen molar-refractivity contribution in [1.82, 2.24) is 19.7 Å². The van der Waals surface area contributed by atoms with Gasteiger partial charge in [0.15, 0.2) is 5.82 Å². The van der Waals surface area contributed by atoms with Gasteiger partial charge in [-0.15, -0.1) is 10.2 Å². The van der Waals surface area contributed by atoms with Gasteiger partial charge in [-0.05, 0) is 19.3 Å². The molecule has 1 aliphatic heterocycles. The van der Waals surface area contributed by atoms with Crippen molar-refractivity contribution in [3.05, 3.63) is 11.6 Å². The second kappa shape index (κ2) is 5.31. The Labute approximate surface area is 114 Å². The van der Waals surface area contributed by atoms with Crippen LogP contribution in [0.15, 0.2) is 0 Å². The Morgan fingerprint density at radius 2 is 2.05 bits per heavy atom. The number of hydrogen-bond acceptors (Lipinski definition) is 3. The fourth-order valence-electron chi connectivity index (χ4n) is 3.28. The molecule has 5 heteroatoms. The molecule has 2 aliphatic rings. The van der Waals surface area contributed by atoms with Crippen molar-refractivity contribution in [2.75, 3.05) is 7.05 Å². The number of amides is 1. The van der Waals surface area contributed by atoms with Gasteiger partial charge < -0.3 is 9.47 Å². The molecule has 0 aromatic carbocycles. The lowest BCUT2D eigenvalue weighted by atomic mass is 9.88. The standard InChI is InChI=1S/C14H22N4O/c1-17(14(19)11-6-3-2-4-7-11)10-13-16-15-12-8-5-9-18(12)13/h11H,2-10H2,1H3. The van der Waals surface area contributed by atoms with E-state index in [4.69, 9.17) is 0 Å². The van der Waals surface area contributed by atoms with Crippen LogP contribution in [-0.2, 0) is 24.3 Å². The van der Waals surface area contributed by atoms with Gasteiger partial charge >= 0.3 is 0 Å². The average Bonchev–Trinajstić information content (AvgIpc) is 3.04. The number of aryl methyl sites for hydroxylation is 1. The maximum atomic E-state index is 12.4. The highest BCUT2D eigenvalue weighted by atomic mass is 16.2. The Balaban J connectivity index is 1.63. The van der Waals surface area contributed by atoms with Crippen molar-refractivity contribution in [1.29, 1.82) is 0 Å². The number of aromatic nitrogens is 3. The first kappa shape index (κ1) is 12.6. The van der Waals surface area contributed by atoms with Crippen LogP contribution in [-0.4, -0.2) is 32.6 Å². The number of hydrogen-bond donors (Lipinski definition) is 0. The van der Waals surface area contributed by atoms with Crippen LogP contribution >= 0.6 is 0 Å². The summed E-state index contributed by atoms with van der Waals surface area (Å²) in [6.07, 6.45) is 7.97. The maximum absolute atomic E-state index is 12.4. The number of rotatable bonds is 3. The normalized spacial score (nSPS) is 19.4. The lowest BCUT2D eigenvalue weighted by Gasteiger charge is -2.26. The van der Waals surface area contributed by atoms with Crippen LogP contribution in [0.4, 0.5) is 0 Å². The number of carbonyl (C=O) groups is 1. The average molecular weight is 262 g/mol. The molecule has 19 heavy (non-hydrogen) atoms. The van der Waals surface area contributed by atoms with Crippen LogP contribution in [0.3, 0.4) is 0 Å². The first-order chi connectivity index (χ1) is 9.25. The molecule has 104 valence electrons. The molecule has 0 spiro atoms. The number of nitrogens with zero attached hydrogens (tertiary/aromatic N) is 4. The minimum absolute atomic E-state index is 0.236. The zero-order valence-electron chi connectivity index (χ0n) is 11.6. The van der Waals surface area contributed by atoms with Gasteiger partial charge in [-0.1, -0.05) is 19.3 Å². The minimum Gasteiger partial charge on any atom is -0.338 e. The van der Waals surface area contributed by atoms with Crippen molar-refractivity contribution in [2.24, 2.45) is 5.92 Å². The zero-order chi connectivity index (χ0) is 13.2. The molecule has 5 nitrogen and oxygen atoms in total. The molecule has 1 saturated carbocycles. The molecular weight excluding hydrogens is 240 g/mol. The molecule has 0 unspecified atom stereocenters. The van der Waals surface area contributed by atoms with Gasteiger partial charge in [-0.25, -0.2) is 0 Å². The first-order valence-corrected chi connectivity index (χ1v) is 7.41. The van der Waals surface area contributed by atoms with Crippen LogP contribution in [0.1, 0.15) is 50.2 Å². The van der Waals surface area contributed by atoms with E-state index in [9.17, 15) is 4.79 Å². The number of carbonyl (C=O) groups excluding carboxylic acids is 1. The summed E-state index contributed by atoms with van der Waals surface area (Å²) in [5.74, 6) is 2.54. The Bertz CT molecular complexity index is 462. The molecule has 0 bridgehead atoms. The molecule has 1 aromatic rings. The molecule has 0 radical (unpaired) electrons. The van der Waals surface area contributed by atoms with E-state index in [2.05, 4.69) is 14.8 Å². The van der Waals surface area contributed by atoms with E-state index in [1.165, 1.54) is 19.3 Å². The first-order valence-electron chi connectivity index (χ1n) is 7.41. The van der Waals surface area contributed by atoms with Gasteiger partial charge in [0.2, 0.25) is 5.91 Å². The summed E-state index contributed by atoms with van der Waals surface area (Å²) < 4.78 is 2.17. The molecule has 1 aromatic heterocycles. The van der Waals surface area contributed by atoms with E-state index >= 15 is 0 Å². The third kappa shape index (κ3) is 2.51. The van der Waals surface area contributed by atoms with Crippen LogP contribution in [0.2, 0.25) is 0 Å². The topological polar surface area (TPSA) is 51.0 Å². The summed E-state index contributed by atoms with van der Waals surface area (Å²) in [7, 11) is 1.90. The van der Waals surface area contributed by atoms with E-state index < -0.39 is 0 Å². The molecule has 0 N–H and O–H groups in total. The van der Waals surface area contributed by atoms with Crippen LogP contribution < -0.4 is 0 Å². The minimum atomic E-state index is 0.236. The summed E-state index contributed by atoms with van der Waals surface area (Å²) in [5.41, 5.74) is 0. The predicted molar refractivity (Wildman–Crippen MR) is 71.4 cm³/mol. The van der Waals surface area contributed by atoms with Gasteiger partial charge in [0.05, 0.1) is 6.54 Å². The fraction of sp³-hybridized carbons (Fsp3) is 0.786.